The number of benzene rings is 2. The van der Waals surface area contributed by atoms with Crippen molar-refractivity contribution in [3.05, 3.63) is 83.2 Å². The number of nitrogens with one attached hydrogen (secondary N) is 3. The van der Waals surface area contributed by atoms with E-state index in [9.17, 15) is 0 Å². The highest BCUT2D eigenvalue weighted by atomic mass is 15.2. The Morgan fingerprint density at radius 3 is 1.71 bits per heavy atom. The van der Waals surface area contributed by atoms with Crippen molar-refractivity contribution in [2.75, 3.05) is 6.54 Å². The maximum atomic E-state index is 4.30. The first-order valence-electron chi connectivity index (χ1n) is 13.6. The molecule has 0 amide bonds. The molecule has 0 aromatic heterocycles. The first-order chi connectivity index (χ1) is 16.4. The summed E-state index contributed by atoms with van der Waals surface area (Å²) in [5, 5.41) is 11.2. The van der Waals surface area contributed by atoms with Crippen molar-refractivity contribution in [1.82, 2.24) is 16.0 Å². The Kier molecular flexibility index (Phi) is 8.37. The van der Waals surface area contributed by atoms with Crippen LogP contribution < -0.4 is 16.0 Å². The van der Waals surface area contributed by atoms with Crippen molar-refractivity contribution < 1.29 is 0 Å². The largest absolute Gasteiger partial charge is 0.370 e. The molecule has 1 aliphatic heterocycles. The summed E-state index contributed by atoms with van der Waals surface area (Å²) in [6, 6.07) is 20.1. The van der Waals surface area contributed by atoms with Gasteiger partial charge < -0.3 is 16.0 Å². The Morgan fingerprint density at radius 2 is 1.21 bits per heavy atom. The van der Waals surface area contributed by atoms with E-state index in [0.29, 0.717) is 35.9 Å². The van der Waals surface area contributed by atoms with E-state index in [-0.39, 0.29) is 0 Å². The Hall–Kier alpha value is -2.26. The molecule has 3 heteroatoms. The Balaban J connectivity index is 1.48. The molecule has 1 aliphatic carbocycles. The van der Waals surface area contributed by atoms with Gasteiger partial charge in [0.2, 0.25) is 0 Å². The average Bonchev–Trinajstić information content (AvgIpc) is 3.28. The van der Waals surface area contributed by atoms with Crippen LogP contribution in [0.3, 0.4) is 0 Å². The Bertz CT molecular complexity index is 855. The maximum Gasteiger partial charge on any atom is 0.0917 e. The lowest BCUT2D eigenvalue weighted by Gasteiger charge is -2.27. The van der Waals surface area contributed by atoms with Gasteiger partial charge in [0.05, 0.1) is 5.82 Å². The van der Waals surface area contributed by atoms with Gasteiger partial charge in [-0.2, -0.15) is 0 Å². The molecule has 0 spiro atoms. The van der Waals surface area contributed by atoms with Crippen LogP contribution in [0.25, 0.3) is 0 Å². The molecule has 1 saturated carbocycles. The molecule has 1 saturated heterocycles. The molecule has 0 bridgehead atoms. The second-order valence-electron chi connectivity index (χ2n) is 11.2. The molecule has 2 aliphatic rings. The summed E-state index contributed by atoms with van der Waals surface area (Å²) in [6.07, 6.45) is 7.69. The summed E-state index contributed by atoms with van der Waals surface area (Å²) in [7, 11) is 0. The van der Waals surface area contributed by atoms with Crippen molar-refractivity contribution >= 4 is 0 Å². The van der Waals surface area contributed by atoms with Gasteiger partial charge >= 0.3 is 0 Å². The minimum atomic E-state index is 0.341. The van der Waals surface area contributed by atoms with Crippen LogP contribution in [0, 0.1) is 0 Å². The van der Waals surface area contributed by atoms with E-state index in [1.165, 1.54) is 54.4 Å². The van der Waals surface area contributed by atoms with Gasteiger partial charge in [0, 0.05) is 30.6 Å². The van der Waals surface area contributed by atoms with E-state index < -0.39 is 0 Å². The van der Waals surface area contributed by atoms with Crippen LogP contribution in [0.15, 0.2) is 60.9 Å². The second kappa shape index (κ2) is 11.4. The van der Waals surface area contributed by atoms with Crippen LogP contribution in [-0.4, -0.2) is 24.7 Å². The smallest absolute Gasteiger partial charge is 0.0917 e. The summed E-state index contributed by atoms with van der Waals surface area (Å²) in [5.74, 6) is 2.45. The normalized spacial score (nSPS) is 21.4. The van der Waals surface area contributed by atoms with Crippen molar-refractivity contribution in [3.63, 3.8) is 0 Å². The summed E-state index contributed by atoms with van der Waals surface area (Å²) in [6.45, 7) is 14.3. The molecular formula is C31H45N3. The molecule has 0 radical (unpaired) electrons. The van der Waals surface area contributed by atoms with E-state index in [0.717, 1.165) is 18.8 Å². The molecule has 1 heterocycles. The lowest BCUT2D eigenvalue weighted by molar-refractivity contribution is 0.383. The lowest BCUT2D eigenvalue weighted by atomic mass is 9.82. The van der Waals surface area contributed by atoms with Gasteiger partial charge in [-0.3, -0.25) is 0 Å². The predicted molar refractivity (Wildman–Crippen MR) is 145 cm³/mol. The monoisotopic (exact) mass is 459 g/mol. The second-order valence-corrected chi connectivity index (χ2v) is 11.2. The highest BCUT2D eigenvalue weighted by molar-refractivity contribution is 5.38. The van der Waals surface area contributed by atoms with E-state index in [2.05, 4.69) is 98.8 Å². The summed E-state index contributed by atoms with van der Waals surface area (Å²) in [5.41, 5.74) is 5.61. The third kappa shape index (κ3) is 6.24. The van der Waals surface area contributed by atoms with Gasteiger partial charge in [-0.25, -0.2) is 0 Å². The standard InChI is InChI=1S/C31H45N3/c1-21(2)24-11-15-26(16-12-24)31(27-17-13-25(14-18-27)22(3)4)30-19-29(20-32-30)34-23(5)33-28-9-7-6-8-10-28/h11-18,21-22,28-34H,5-10,19-20H2,1-4H3/t29-,30-/m1/s1. The van der Waals surface area contributed by atoms with Crippen molar-refractivity contribution in [2.45, 2.75) is 102 Å². The molecule has 34 heavy (non-hydrogen) atoms. The summed E-state index contributed by atoms with van der Waals surface area (Å²) >= 11 is 0. The van der Waals surface area contributed by atoms with E-state index in [4.69, 9.17) is 0 Å². The van der Waals surface area contributed by atoms with Gasteiger partial charge in [0.1, 0.15) is 0 Å². The molecular weight excluding hydrogens is 414 g/mol. The minimum Gasteiger partial charge on any atom is -0.370 e. The predicted octanol–water partition coefficient (Wildman–Crippen LogP) is 6.78. The van der Waals surface area contributed by atoms with Crippen LogP contribution in [0.2, 0.25) is 0 Å². The molecule has 3 N–H and O–H groups in total. The fourth-order valence-electron chi connectivity index (χ4n) is 5.75. The van der Waals surface area contributed by atoms with Crippen LogP contribution in [0.4, 0.5) is 0 Å². The van der Waals surface area contributed by atoms with Gasteiger partial charge in [0.15, 0.2) is 0 Å². The van der Waals surface area contributed by atoms with E-state index in [1.807, 2.05) is 0 Å². The first-order valence-corrected chi connectivity index (χ1v) is 13.6. The quantitative estimate of drug-likeness (QED) is 0.387. The molecule has 2 atom stereocenters. The highest BCUT2D eigenvalue weighted by Gasteiger charge is 2.33. The lowest BCUT2D eigenvalue weighted by Crippen LogP contribution is -2.40. The molecule has 2 aromatic rings. The van der Waals surface area contributed by atoms with Crippen LogP contribution in [0.1, 0.15) is 106 Å². The SMILES string of the molecule is C=C(NC1CCCCC1)N[C@H]1CN[C@@H](C(c2ccc(C(C)C)cc2)c2ccc(C(C)C)cc2)C1. The molecule has 3 nitrogen and oxygen atoms in total. The minimum absolute atomic E-state index is 0.341. The van der Waals surface area contributed by atoms with Gasteiger partial charge in [-0.15, -0.1) is 0 Å². The number of hydrogen-bond acceptors (Lipinski definition) is 3. The number of hydrogen-bond donors (Lipinski definition) is 3. The van der Waals surface area contributed by atoms with Crippen molar-refractivity contribution in [1.29, 1.82) is 0 Å². The average molecular weight is 460 g/mol. The zero-order chi connectivity index (χ0) is 24.1. The van der Waals surface area contributed by atoms with E-state index >= 15 is 0 Å². The summed E-state index contributed by atoms with van der Waals surface area (Å²) in [4.78, 5) is 0. The Labute approximate surface area is 207 Å². The van der Waals surface area contributed by atoms with E-state index in [1.54, 1.807) is 0 Å². The topological polar surface area (TPSA) is 36.1 Å². The van der Waals surface area contributed by atoms with Gasteiger partial charge in [0.25, 0.3) is 0 Å². The molecule has 4 rings (SSSR count). The van der Waals surface area contributed by atoms with Crippen molar-refractivity contribution in [2.24, 2.45) is 0 Å². The highest BCUT2D eigenvalue weighted by Crippen LogP contribution is 2.34. The summed E-state index contributed by atoms with van der Waals surface area (Å²) < 4.78 is 0. The van der Waals surface area contributed by atoms with Gasteiger partial charge in [-0.1, -0.05) is 102 Å². The Morgan fingerprint density at radius 1 is 0.735 bits per heavy atom. The van der Waals surface area contributed by atoms with Crippen LogP contribution in [-0.2, 0) is 0 Å². The molecule has 0 unspecified atom stereocenters. The van der Waals surface area contributed by atoms with Crippen LogP contribution in [0.5, 0.6) is 0 Å². The fourth-order valence-corrected chi connectivity index (χ4v) is 5.75. The zero-order valence-corrected chi connectivity index (χ0v) is 21.7. The number of rotatable bonds is 9. The third-order valence-corrected chi connectivity index (χ3v) is 7.85. The molecule has 184 valence electrons. The van der Waals surface area contributed by atoms with Crippen molar-refractivity contribution in [3.8, 4) is 0 Å². The van der Waals surface area contributed by atoms with Gasteiger partial charge in [-0.05, 0) is 53.4 Å². The maximum absolute atomic E-state index is 4.30. The van der Waals surface area contributed by atoms with Crippen LogP contribution >= 0.6 is 0 Å². The zero-order valence-electron chi connectivity index (χ0n) is 21.7. The molecule has 2 aromatic carbocycles. The molecule has 2 fully saturated rings. The fraction of sp³-hybridized carbons (Fsp3) is 0.548. The third-order valence-electron chi connectivity index (χ3n) is 7.85. The first kappa shape index (κ1) is 24.9.